The van der Waals surface area contributed by atoms with Crippen LogP contribution in [-0.2, 0) is 36.5 Å². The molecular weight excluding hydrogens is 717 g/mol. The maximum absolute atomic E-state index is 15.3. The first-order valence-electron chi connectivity index (χ1n) is 15.5. The Hall–Kier alpha value is -4.38. The van der Waals surface area contributed by atoms with E-state index in [0.29, 0.717) is 53.6 Å². The molecule has 1 fully saturated rings. The number of ether oxygens (including phenoxy) is 2. The number of carbonyl (C=O) groups excluding carboxylic acids is 2. The Balaban J connectivity index is 0.000000755. The number of carboxylic acid groups (broad SMARTS) is 1. The van der Waals surface area contributed by atoms with Crippen LogP contribution in [0.25, 0.3) is 0 Å². The normalized spacial score (nSPS) is 19.0. The van der Waals surface area contributed by atoms with Crippen LogP contribution in [0.5, 0.6) is 11.5 Å². The minimum absolute atomic E-state index is 0.0842. The average molecular weight is 755 g/mol. The molecule has 0 bridgehead atoms. The Kier molecular flexibility index (Phi) is 11.6. The zero-order valence-corrected chi connectivity index (χ0v) is 30.3. The summed E-state index contributed by atoms with van der Waals surface area (Å²) in [5, 5.41) is 7.45. The van der Waals surface area contributed by atoms with Crippen LogP contribution in [0, 0.1) is 0 Å². The summed E-state index contributed by atoms with van der Waals surface area (Å²) in [6.45, 7) is 0.914. The average Bonchev–Trinajstić information content (AvgIpc) is 3.64. The Morgan fingerprint density at radius 2 is 1.61 bits per heavy atom. The smallest absolute Gasteiger partial charge is 0.490 e. The maximum atomic E-state index is 15.3. The first-order valence-corrected chi connectivity index (χ1v) is 17.3. The van der Waals surface area contributed by atoms with Gasteiger partial charge >= 0.3 is 12.1 Å². The van der Waals surface area contributed by atoms with Gasteiger partial charge in [-0.3, -0.25) is 14.5 Å². The standard InChI is InChI=1S/C32H37ClN4O6S.C2HF3O2/c1-34(2)20-21-9-16-29(43-6)26(18-21)32(36-17-7-8-28(36)30(38)35(3)4)25-19-22(33)10-15-27(25)37(31(32)39)44(40,41)24-13-11-23(42-5)12-14-24;3-2(4,5)1(6)7/h9-16,18-19,28H,7-8,17,20H2,1-6H3;(H,6,7)/t28?,32-;/m0./s1. The van der Waals surface area contributed by atoms with Gasteiger partial charge in [0.05, 0.1) is 30.8 Å². The molecule has 1 unspecified atom stereocenters. The number of fused-ring (bicyclic) bond motifs is 1. The van der Waals surface area contributed by atoms with E-state index in [1.54, 1.807) is 38.4 Å². The molecule has 2 amide bonds. The van der Waals surface area contributed by atoms with Crippen molar-refractivity contribution < 1.29 is 50.6 Å². The molecular formula is C34H38ClF3N4O8S. The third kappa shape index (κ3) is 7.49. The predicted molar refractivity (Wildman–Crippen MR) is 182 cm³/mol. The van der Waals surface area contributed by atoms with Crippen LogP contribution in [0.2, 0.25) is 5.02 Å². The van der Waals surface area contributed by atoms with E-state index >= 15 is 4.79 Å². The number of likely N-dealkylation sites (N-methyl/N-ethyl adjacent to an activating group) is 1. The molecule has 3 aromatic rings. The molecule has 0 radical (unpaired) electrons. The third-order valence-corrected chi connectivity index (χ3v) is 10.4. The van der Waals surface area contributed by atoms with E-state index in [-0.39, 0.29) is 16.5 Å². The van der Waals surface area contributed by atoms with E-state index in [0.717, 1.165) is 9.87 Å². The van der Waals surface area contributed by atoms with Gasteiger partial charge in [0.1, 0.15) is 11.5 Å². The van der Waals surface area contributed by atoms with Crippen molar-refractivity contribution in [2.45, 2.75) is 42.0 Å². The molecule has 2 heterocycles. The van der Waals surface area contributed by atoms with Crippen molar-refractivity contribution in [3.8, 4) is 11.5 Å². The van der Waals surface area contributed by atoms with Crippen molar-refractivity contribution >= 4 is 45.1 Å². The molecule has 0 aromatic heterocycles. The predicted octanol–water partition coefficient (Wildman–Crippen LogP) is 4.58. The van der Waals surface area contributed by atoms with Crippen molar-refractivity contribution in [1.82, 2.24) is 14.7 Å². The molecule has 3 aromatic carbocycles. The highest BCUT2D eigenvalue weighted by Crippen LogP contribution is 2.55. The third-order valence-electron chi connectivity index (χ3n) is 8.46. The van der Waals surface area contributed by atoms with Gasteiger partial charge in [0.15, 0.2) is 5.54 Å². The molecule has 0 aliphatic carbocycles. The monoisotopic (exact) mass is 754 g/mol. The molecule has 2 aliphatic heterocycles. The maximum Gasteiger partial charge on any atom is 0.490 e. The van der Waals surface area contributed by atoms with Crippen LogP contribution in [0.15, 0.2) is 65.6 Å². The number of amides is 2. The fourth-order valence-electron chi connectivity index (χ4n) is 6.36. The highest BCUT2D eigenvalue weighted by molar-refractivity contribution is 7.93. The molecule has 2 atom stereocenters. The molecule has 2 aliphatic rings. The summed E-state index contributed by atoms with van der Waals surface area (Å²) in [4.78, 5) is 43.1. The zero-order valence-electron chi connectivity index (χ0n) is 28.7. The summed E-state index contributed by atoms with van der Waals surface area (Å²) in [6, 6.07) is 15.5. The largest absolute Gasteiger partial charge is 0.497 e. The van der Waals surface area contributed by atoms with Crippen molar-refractivity contribution in [2.24, 2.45) is 0 Å². The van der Waals surface area contributed by atoms with Crippen molar-refractivity contribution in [2.75, 3.05) is 53.3 Å². The van der Waals surface area contributed by atoms with Gasteiger partial charge in [0.25, 0.3) is 15.9 Å². The molecule has 51 heavy (non-hydrogen) atoms. The second-order valence-corrected chi connectivity index (χ2v) is 14.5. The van der Waals surface area contributed by atoms with Gasteiger partial charge in [0, 0.05) is 43.3 Å². The van der Waals surface area contributed by atoms with Gasteiger partial charge in [-0.25, -0.2) is 17.5 Å². The van der Waals surface area contributed by atoms with E-state index in [1.807, 2.05) is 36.0 Å². The number of benzene rings is 3. The van der Waals surface area contributed by atoms with Gasteiger partial charge in [-0.15, -0.1) is 0 Å². The summed E-state index contributed by atoms with van der Waals surface area (Å²) in [7, 11) is 5.77. The van der Waals surface area contributed by atoms with Crippen LogP contribution in [0.3, 0.4) is 0 Å². The quantitative estimate of drug-likeness (QED) is 0.331. The van der Waals surface area contributed by atoms with E-state index in [9.17, 15) is 26.4 Å². The fraction of sp³-hybridized carbons (Fsp3) is 0.382. The summed E-state index contributed by atoms with van der Waals surface area (Å²) >= 11 is 6.60. The van der Waals surface area contributed by atoms with Crippen LogP contribution < -0.4 is 13.8 Å². The first-order chi connectivity index (χ1) is 23.8. The van der Waals surface area contributed by atoms with Gasteiger partial charge in [0.2, 0.25) is 5.91 Å². The minimum atomic E-state index is -5.08. The number of halogens is 4. The highest BCUT2D eigenvalue weighted by atomic mass is 35.5. The van der Waals surface area contributed by atoms with E-state index < -0.39 is 39.7 Å². The number of anilines is 1. The van der Waals surface area contributed by atoms with Gasteiger partial charge < -0.3 is 24.4 Å². The van der Waals surface area contributed by atoms with Crippen LogP contribution >= 0.6 is 11.6 Å². The molecule has 17 heteroatoms. The molecule has 276 valence electrons. The topological polar surface area (TPSA) is 137 Å². The number of likely N-dealkylation sites (tertiary alicyclic amines) is 1. The fourth-order valence-corrected chi connectivity index (χ4v) is 7.99. The van der Waals surface area contributed by atoms with Gasteiger partial charge in [-0.05, 0) is 87.1 Å². The Bertz CT molecular complexity index is 1910. The summed E-state index contributed by atoms with van der Waals surface area (Å²) in [5.74, 6) is -2.81. The number of hydrogen-bond donors (Lipinski definition) is 1. The van der Waals surface area contributed by atoms with Gasteiger partial charge in [-0.2, -0.15) is 13.2 Å². The number of carbonyl (C=O) groups is 3. The van der Waals surface area contributed by atoms with Crippen LogP contribution in [0.1, 0.15) is 29.5 Å². The molecule has 0 spiro atoms. The molecule has 5 rings (SSSR count). The van der Waals surface area contributed by atoms with Crippen molar-refractivity contribution in [1.29, 1.82) is 0 Å². The summed E-state index contributed by atoms with van der Waals surface area (Å²) in [6.07, 6.45) is -3.97. The van der Waals surface area contributed by atoms with Gasteiger partial charge in [-0.1, -0.05) is 17.7 Å². The SMILES string of the molecule is COc1ccc(S(=O)(=O)N2C(=O)[C@](c3cc(CN(C)C)ccc3OC)(N3CCCC3C(=O)N(C)C)c3cc(Cl)ccc32)cc1.O=C(O)C(F)(F)F. The Labute approximate surface area is 298 Å². The lowest BCUT2D eigenvalue weighted by atomic mass is 9.80. The number of sulfonamides is 1. The number of nitrogens with zero attached hydrogens (tertiary/aromatic N) is 4. The molecule has 1 saturated heterocycles. The van der Waals surface area contributed by atoms with Crippen LogP contribution in [-0.4, -0.2) is 107 Å². The number of hydrogen-bond acceptors (Lipinski definition) is 9. The van der Waals surface area contributed by atoms with Crippen molar-refractivity contribution in [3.05, 3.63) is 82.4 Å². The number of carboxylic acids is 1. The van der Waals surface area contributed by atoms with E-state index in [2.05, 4.69) is 0 Å². The lowest BCUT2D eigenvalue weighted by Crippen LogP contribution is -2.59. The first kappa shape index (κ1) is 39.4. The molecule has 12 nitrogen and oxygen atoms in total. The molecule has 1 N–H and O–H groups in total. The number of aliphatic carboxylic acids is 1. The number of alkyl halides is 3. The zero-order chi connectivity index (χ0) is 38.1. The van der Waals surface area contributed by atoms with Crippen molar-refractivity contribution in [3.63, 3.8) is 0 Å². The number of methoxy groups -OCH3 is 2. The Morgan fingerprint density at radius 3 is 2.14 bits per heavy atom. The minimum Gasteiger partial charge on any atom is -0.497 e. The second-order valence-electron chi connectivity index (χ2n) is 12.3. The highest BCUT2D eigenvalue weighted by Gasteiger charge is 2.63. The number of rotatable bonds is 9. The molecule has 0 saturated carbocycles. The summed E-state index contributed by atoms with van der Waals surface area (Å²) in [5.41, 5.74) is 0.107. The lowest BCUT2D eigenvalue weighted by Gasteiger charge is -2.42. The summed E-state index contributed by atoms with van der Waals surface area (Å²) < 4.78 is 72.5. The van der Waals surface area contributed by atoms with Crippen LogP contribution in [0.4, 0.5) is 18.9 Å². The van der Waals surface area contributed by atoms with E-state index in [1.165, 1.54) is 43.4 Å². The lowest BCUT2D eigenvalue weighted by molar-refractivity contribution is -0.192. The Morgan fingerprint density at radius 1 is 0.980 bits per heavy atom. The van der Waals surface area contributed by atoms with E-state index in [4.69, 9.17) is 31.0 Å². The second kappa shape index (κ2) is 15.1.